The summed E-state index contributed by atoms with van der Waals surface area (Å²) in [5.41, 5.74) is 5.82. The van der Waals surface area contributed by atoms with E-state index in [1.54, 1.807) is 0 Å². The van der Waals surface area contributed by atoms with Crippen LogP contribution in [-0.2, 0) is 0 Å². The number of hydrogen-bond acceptors (Lipinski definition) is 6. The molecule has 2 unspecified atom stereocenters. The topological polar surface area (TPSA) is 88.8 Å². The Balaban J connectivity index is 1.81. The quantitative estimate of drug-likeness (QED) is 0.599. The van der Waals surface area contributed by atoms with Crippen LogP contribution in [0, 0.1) is 5.92 Å². The molecule has 6 nitrogen and oxygen atoms in total. The van der Waals surface area contributed by atoms with Gasteiger partial charge in [-0.15, -0.1) is 0 Å². The lowest BCUT2D eigenvalue weighted by Crippen LogP contribution is -2.27. The Morgan fingerprint density at radius 3 is 2.61 bits per heavy atom. The number of nitrogens with zero attached hydrogens (tertiary/aromatic N) is 3. The van der Waals surface area contributed by atoms with Gasteiger partial charge in [0.1, 0.15) is 0 Å². The van der Waals surface area contributed by atoms with Gasteiger partial charge in [0.15, 0.2) is 0 Å². The fourth-order valence-electron chi connectivity index (χ4n) is 3.21. The van der Waals surface area contributed by atoms with Crippen LogP contribution in [0.5, 0.6) is 0 Å². The summed E-state index contributed by atoms with van der Waals surface area (Å²) < 4.78 is 0. The fourth-order valence-corrected chi connectivity index (χ4v) is 3.21. The molecule has 0 aromatic carbocycles. The van der Waals surface area contributed by atoms with E-state index in [2.05, 4.69) is 39.4 Å². The molecule has 1 aromatic rings. The Hall–Kier alpha value is -1.59. The normalized spacial score (nSPS) is 21.1. The lowest BCUT2D eigenvalue weighted by atomic mass is 9.87. The first-order valence-electron chi connectivity index (χ1n) is 9.19. The molecule has 130 valence electrons. The van der Waals surface area contributed by atoms with E-state index in [9.17, 15) is 0 Å². The van der Waals surface area contributed by atoms with Crippen LogP contribution >= 0.6 is 0 Å². The van der Waals surface area contributed by atoms with Crippen LogP contribution in [0.15, 0.2) is 0 Å². The minimum absolute atomic E-state index is 0.278. The van der Waals surface area contributed by atoms with Gasteiger partial charge >= 0.3 is 0 Å². The van der Waals surface area contributed by atoms with Gasteiger partial charge in [-0.2, -0.15) is 15.0 Å². The van der Waals surface area contributed by atoms with Gasteiger partial charge in [-0.05, 0) is 25.2 Å². The summed E-state index contributed by atoms with van der Waals surface area (Å²) in [6.45, 7) is 5.42. The molecule has 1 fully saturated rings. The number of nitrogen functional groups attached to an aromatic ring is 1. The van der Waals surface area contributed by atoms with Crippen LogP contribution in [0.3, 0.4) is 0 Å². The van der Waals surface area contributed by atoms with Crippen LogP contribution in [-0.4, -0.2) is 27.5 Å². The van der Waals surface area contributed by atoms with E-state index >= 15 is 0 Å². The molecule has 23 heavy (non-hydrogen) atoms. The number of aromatic nitrogens is 3. The summed E-state index contributed by atoms with van der Waals surface area (Å²) in [6, 6.07) is 0.447. The highest BCUT2D eigenvalue weighted by atomic mass is 15.2. The number of unbranched alkanes of at least 4 members (excludes halogenated alkanes) is 4. The van der Waals surface area contributed by atoms with Crippen LogP contribution < -0.4 is 16.4 Å². The summed E-state index contributed by atoms with van der Waals surface area (Å²) >= 11 is 0. The summed E-state index contributed by atoms with van der Waals surface area (Å²) in [7, 11) is 0. The predicted octanol–water partition coefficient (Wildman–Crippen LogP) is 3.83. The maximum absolute atomic E-state index is 5.82. The molecule has 1 aliphatic rings. The van der Waals surface area contributed by atoms with Gasteiger partial charge in [-0.25, -0.2) is 0 Å². The van der Waals surface area contributed by atoms with E-state index in [4.69, 9.17) is 5.73 Å². The fraction of sp³-hybridized carbons (Fsp3) is 0.824. The van der Waals surface area contributed by atoms with E-state index in [0.717, 1.165) is 18.9 Å². The second-order valence-corrected chi connectivity index (χ2v) is 6.79. The van der Waals surface area contributed by atoms with E-state index in [1.165, 1.54) is 51.4 Å². The molecule has 2 atom stereocenters. The zero-order valence-electron chi connectivity index (χ0n) is 14.6. The first kappa shape index (κ1) is 17.8. The molecule has 0 bridgehead atoms. The van der Waals surface area contributed by atoms with Gasteiger partial charge in [-0.1, -0.05) is 52.4 Å². The third-order valence-electron chi connectivity index (χ3n) is 4.49. The van der Waals surface area contributed by atoms with Gasteiger partial charge < -0.3 is 16.4 Å². The first-order chi connectivity index (χ1) is 11.2. The monoisotopic (exact) mass is 320 g/mol. The summed E-state index contributed by atoms with van der Waals surface area (Å²) in [5.74, 6) is 2.23. The van der Waals surface area contributed by atoms with Crippen molar-refractivity contribution in [3.8, 4) is 0 Å². The van der Waals surface area contributed by atoms with Gasteiger partial charge in [0.05, 0.1) is 0 Å². The van der Waals surface area contributed by atoms with E-state index in [0.29, 0.717) is 17.9 Å². The third-order valence-corrected chi connectivity index (χ3v) is 4.49. The Kier molecular flexibility index (Phi) is 7.36. The average Bonchev–Trinajstić information content (AvgIpc) is 2.50. The molecule has 0 saturated heterocycles. The molecule has 1 saturated carbocycles. The molecule has 2 rings (SSSR count). The van der Waals surface area contributed by atoms with E-state index in [-0.39, 0.29) is 5.95 Å². The molecule has 6 heteroatoms. The number of rotatable bonds is 9. The number of nitrogens with one attached hydrogen (secondary N) is 2. The highest BCUT2D eigenvalue weighted by Crippen LogP contribution is 2.25. The van der Waals surface area contributed by atoms with Crippen molar-refractivity contribution >= 4 is 17.8 Å². The zero-order valence-corrected chi connectivity index (χ0v) is 14.6. The SMILES string of the molecule is CCCCCCCNc1nc(N)nc(NC2CCCC(C)C2)n1. The maximum Gasteiger partial charge on any atom is 0.229 e. The van der Waals surface area contributed by atoms with Crippen molar-refractivity contribution in [2.45, 2.75) is 77.7 Å². The Bertz CT molecular complexity index is 464. The van der Waals surface area contributed by atoms with E-state index < -0.39 is 0 Å². The minimum Gasteiger partial charge on any atom is -0.368 e. The van der Waals surface area contributed by atoms with Gasteiger partial charge in [0.25, 0.3) is 0 Å². The highest BCUT2D eigenvalue weighted by Gasteiger charge is 2.19. The lowest BCUT2D eigenvalue weighted by Gasteiger charge is -2.27. The summed E-state index contributed by atoms with van der Waals surface area (Å²) in [6.07, 6.45) is 11.2. The van der Waals surface area contributed by atoms with Crippen LogP contribution in [0.25, 0.3) is 0 Å². The molecular weight excluding hydrogens is 288 g/mol. The number of anilines is 3. The molecule has 4 N–H and O–H groups in total. The zero-order chi connectivity index (χ0) is 16.5. The van der Waals surface area contributed by atoms with Crippen molar-refractivity contribution in [1.29, 1.82) is 0 Å². The smallest absolute Gasteiger partial charge is 0.229 e. The first-order valence-corrected chi connectivity index (χ1v) is 9.19. The standard InChI is InChI=1S/C17H32N6/c1-3-4-5-6-7-11-19-16-21-15(18)22-17(23-16)20-14-10-8-9-13(2)12-14/h13-14H,3-12H2,1-2H3,(H4,18,19,20,21,22,23). The van der Waals surface area contributed by atoms with Gasteiger partial charge in [-0.3, -0.25) is 0 Å². The van der Waals surface area contributed by atoms with Gasteiger partial charge in [0.2, 0.25) is 17.8 Å². The van der Waals surface area contributed by atoms with Crippen molar-refractivity contribution in [3.05, 3.63) is 0 Å². The molecule has 1 aromatic heterocycles. The molecule has 0 amide bonds. The lowest BCUT2D eigenvalue weighted by molar-refractivity contribution is 0.357. The van der Waals surface area contributed by atoms with Crippen molar-refractivity contribution < 1.29 is 0 Å². The third kappa shape index (κ3) is 6.59. The second-order valence-electron chi connectivity index (χ2n) is 6.79. The van der Waals surface area contributed by atoms with Crippen LogP contribution in [0.4, 0.5) is 17.8 Å². The highest BCUT2D eigenvalue weighted by molar-refractivity contribution is 5.40. The summed E-state index contributed by atoms with van der Waals surface area (Å²) in [5, 5.41) is 6.70. The molecule has 0 radical (unpaired) electrons. The van der Waals surface area contributed by atoms with Crippen molar-refractivity contribution in [1.82, 2.24) is 15.0 Å². The molecule has 0 aliphatic heterocycles. The number of hydrogen-bond donors (Lipinski definition) is 3. The number of nitrogens with two attached hydrogens (primary N) is 1. The molecule has 0 spiro atoms. The van der Waals surface area contributed by atoms with E-state index in [1.807, 2.05) is 0 Å². The molecule has 1 aliphatic carbocycles. The van der Waals surface area contributed by atoms with Gasteiger partial charge in [0, 0.05) is 12.6 Å². The molecule has 1 heterocycles. The Morgan fingerprint density at radius 1 is 1.04 bits per heavy atom. The molecular formula is C17H32N6. The minimum atomic E-state index is 0.278. The maximum atomic E-state index is 5.82. The van der Waals surface area contributed by atoms with Crippen molar-refractivity contribution in [3.63, 3.8) is 0 Å². The largest absolute Gasteiger partial charge is 0.368 e. The summed E-state index contributed by atoms with van der Waals surface area (Å²) in [4.78, 5) is 12.9. The Morgan fingerprint density at radius 2 is 1.83 bits per heavy atom. The second kappa shape index (κ2) is 9.53. The average molecular weight is 320 g/mol. The van der Waals surface area contributed by atoms with Crippen molar-refractivity contribution in [2.24, 2.45) is 5.92 Å². The van der Waals surface area contributed by atoms with Crippen molar-refractivity contribution in [2.75, 3.05) is 22.9 Å². The Labute approximate surface area is 140 Å². The predicted molar refractivity (Wildman–Crippen MR) is 96.5 cm³/mol. The van der Waals surface area contributed by atoms with Crippen LogP contribution in [0.1, 0.15) is 71.6 Å². The van der Waals surface area contributed by atoms with Crippen LogP contribution in [0.2, 0.25) is 0 Å².